The van der Waals surface area contributed by atoms with Crippen molar-refractivity contribution in [3.8, 4) is 0 Å². The van der Waals surface area contributed by atoms with Crippen molar-refractivity contribution in [1.29, 1.82) is 0 Å². The van der Waals surface area contributed by atoms with Crippen molar-refractivity contribution in [2.24, 2.45) is 0 Å². The predicted molar refractivity (Wildman–Crippen MR) is 73.7 cm³/mol. The third-order valence-electron chi connectivity index (χ3n) is 2.59. The average molecular weight is 317 g/mol. The number of nitrogens with one attached hydrogen (secondary N) is 1. The molecule has 0 heterocycles. The molecule has 0 aliphatic carbocycles. The van der Waals surface area contributed by atoms with Crippen LogP contribution in [0.5, 0.6) is 0 Å². The lowest BCUT2D eigenvalue weighted by atomic mass is 10.2. The summed E-state index contributed by atoms with van der Waals surface area (Å²) in [7, 11) is 1.63. The molecule has 0 unspecified atom stereocenters. The monoisotopic (exact) mass is 316 g/mol. The largest absolute Gasteiger partial charge is 0.358 e. The van der Waals surface area contributed by atoms with Crippen molar-refractivity contribution in [3.63, 3.8) is 0 Å². The highest BCUT2D eigenvalue weighted by Gasteiger charge is 2.11. The van der Waals surface area contributed by atoms with Crippen LogP contribution >= 0.6 is 15.9 Å². The summed E-state index contributed by atoms with van der Waals surface area (Å²) in [6.07, 6.45) is 0.968. The molecule has 1 rings (SSSR count). The van der Waals surface area contributed by atoms with Gasteiger partial charge in [0.15, 0.2) is 0 Å². The van der Waals surface area contributed by atoms with Crippen LogP contribution in [0.3, 0.4) is 0 Å². The van der Waals surface area contributed by atoms with Gasteiger partial charge in [-0.2, -0.15) is 0 Å². The normalized spacial score (nSPS) is 10.7. The predicted octanol–water partition coefficient (Wildman–Crippen LogP) is 2.55. The zero-order valence-corrected chi connectivity index (χ0v) is 12.3. The fourth-order valence-electron chi connectivity index (χ4n) is 1.70. The van der Waals surface area contributed by atoms with Crippen LogP contribution in [0, 0.1) is 5.82 Å². The third-order valence-corrected chi connectivity index (χ3v) is 3.33. The van der Waals surface area contributed by atoms with Gasteiger partial charge in [-0.1, -0.05) is 28.9 Å². The molecule has 0 saturated heterocycles. The van der Waals surface area contributed by atoms with Gasteiger partial charge in [-0.15, -0.1) is 0 Å². The average Bonchev–Trinajstić information content (AvgIpc) is 2.32. The summed E-state index contributed by atoms with van der Waals surface area (Å²) in [5.74, 6) is -0.277. The Morgan fingerprint density at radius 3 is 2.78 bits per heavy atom. The van der Waals surface area contributed by atoms with Crippen molar-refractivity contribution in [2.75, 3.05) is 20.1 Å². The molecule has 0 bridgehead atoms. The molecule has 0 fully saturated rings. The van der Waals surface area contributed by atoms with Gasteiger partial charge in [-0.3, -0.25) is 9.69 Å². The lowest BCUT2D eigenvalue weighted by molar-refractivity contribution is -0.121. The summed E-state index contributed by atoms with van der Waals surface area (Å²) in [5.41, 5.74) is 0.980. The van der Waals surface area contributed by atoms with Gasteiger partial charge >= 0.3 is 0 Å². The van der Waals surface area contributed by atoms with Crippen molar-refractivity contribution in [3.05, 3.63) is 34.1 Å². The first-order valence-electron chi connectivity index (χ1n) is 5.93. The van der Waals surface area contributed by atoms with E-state index in [1.165, 1.54) is 12.1 Å². The van der Waals surface area contributed by atoms with Gasteiger partial charge < -0.3 is 5.32 Å². The molecule has 0 aliphatic heterocycles. The number of rotatable bonds is 6. The Bertz CT molecular complexity index is 412. The van der Waals surface area contributed by atoms with Crippen LogP contribution in [0.1, 0.15) is 18.9 Å². The number of carbonyl (C=O) groups is 1. The Morgan fingerprint density at radius 1 is 1.50 bits per heavy atom. The van der Waals surface area contributed by atoms with Crippen LogP contribution in [-0.2, 0) is 11.3 Å². The van der Waals surface area contributed by atoms with Crippen LogP contribution in [-0.4, -0.2) is 30.9 Å². The second-order valence-corrected chi connectivity index (χ2v) is 4.97. The zero-order valence-electron chi connectivity index (χ0n) is 10.7. The van der Waals surface area contributed by atoms with Gasteiger partial charge in [0.25, 0.3) is 0 Å². The highest BCUT2D eigenvalue weighted by molar-refractivity contribution is 9.10. The summed E-state index contributed by atoms with van der Waals surface area (Å²) in [4.78, 5) is 13.4. The van der Waals surface area contributed by atoms with E-state index < -0.39 is 0 Å². The van der Waals surface area contributed by atoms with Crippen LogP contribution in [0.2, 0.25) is 0 Å². The van der Waals surface area contributed by atoms with Crippen molar-refractivity contribution in [1.82, 2.24) is 10.2 Å². The number of nitrogens with zero attached hydrogens (tertiary/aromatic N) is 1. The van der Waals surface area contributed by atoms with Crippen LogP contribution in [0.4, 0.5) is 4.39 Å². The molecule has 5 heteroatoms. The van der Waals surface area contributed by atoms with Gasteiger partial charge in [0.1, 0.15) is 5.82 Å². The van der Waals surface area contributed by atoms with E-state index >= 15 is 0 Å². The first-order valence-corrected chi connectivity index (χ1v) is 6.73. The number of amides is 1. The molecule has 1 aromatic carbocycles. The third kappa shape index (κ3) is 4.74. The van der Waals surface area contributed by atoms with Crippen molar-refractivity contribution >= 4 is 21.8 Å². The molecule has 0 atom stereocenters. The molecule has 1 amide bonds. The van der Waals surface area contributed by atoms with E-state index in [2.05, 4.69) is 28.2 Å². The number of hydrogen-bond donors (Lipinski definition) is 1. The van der Waals surface area contributed by atoms with E-state index in [4.69, 9.17) is 0 Å². The lowest BCUT2D eigenvalue weighted by Gasteiger charge is -2.21. The summed E-state index contributed by atoms with van der Waals surface area (Å²) < 4.78 is 13.7. The van der Waals surface area contributed by atoms with E-state index in [9.17, 15) is 9.18 Å². The maximum absolute atomic E-state index is 13.0. The van der Waals surface area contributed by atoms with E-state index in [1.54, 1.807) is 13.1 Å². The van der Waals surface area contributed by atoms with Gasteiger partial charge in [-0.25, -0.2) is 4.39 Å². The zero-order chi connectivity index (χ0) is 13.5. The summed E-state index contributed by atoms with van der Waals surface area (Å²) in [5, 5.41) is 2.61. The van der Waals surface area contributed by atoms with E-state index in [0.717, 1.165) is 23.0 Å². The number of benzene rings is 1. The van der Waals surface area contributed by atoms with Crippen LogP contribution < -0.4 is 5.32 Å². The molecule has 100 valence electrons. The van der Waals surface area contributed by atoms with Gasteiger partial charge in [0.05, 0.1) is 6.54 Å². The highest BCUT2D eigenvalue weighted by atomic mass is 79.9. The summed E-state index contributed by atoms with van der Waals surface area (Å²) in [6, 6.07) is 4.62. The van der Waals surface area contributed by atoms with E-state index in [1.807, 2.05) is 4.90 Å². The number of halogens is 2. The van der Waals surface area contributed by atoms with Crippen LogP contribution in [0.25, 0.3) is 0 Å². The van der Waals surface area contributed by atoms with Gasteiger partial charge in [0.2, 0.25) is 5.91 Å². The minimum Gasteiger partial charge on any atom is -0.358 e. The molecule has 18 heavy (non-hydrogen) atoms. The Hall–Kier alpha value is -0.940. The minimum atomic E-state index is -0.265. The number of carbonyl (C=O) groups excluding carboxylic acids is 1. The summed E-state index contributed by atoms with van der Waals surface area (Å²) in [6.45, 7) is 3.88. The molecule has 0 aliphatic rings. The number of hydrogen-bond acceptors (Lipinski definition) is 2. The van der Waals surface area contributed by atoms with Crippen molar-refractivity contribution in [2.45, 2.75) is 19.9 Å². The molecule has 0 saturated carbocycles. The van der Waals surface area contributed by atoms with Gasteiger partial charge in [0, 0.05) is 18.1 Å². The SMILES string of the molecule is CCCN(CC(=O)NC)Cc1ccc(F)cc1Br. The Labute approximate surface area is 115 Å². The van der Waals surface area contributed by atoms with Gasteiger partial charge in [-0.05, 0) is 30.7 Å². The number of likely N-dealkylation sites (N-methyl/N-ethyl adjacent to an activating group) is 1. The van der Waals surface area contributed by atoms with Crippen LogP contribution in [0.15, 0.2) is 22.7 Å². The molecule has 0 spiro atoms. The maximum Gasteiger partial charge on any atom is 0.233 e. The van der Waals surface area contributed by atoms with E-state index in [0.29, 0.717) is 13.1 Å². The van der Waals surface area contributed by atoms with E-state index in [-0.39, 0.29) is 11.7 Å². The summed E-state index contributed by atoms with van der Waals surface area (Å²) >= 11 is 3.34. The minimum absolute atomic E-state index is 0.0123. The highest BCUT2D eigenvalue weighted by Crippen LogP contribution is 2.19. The Morgan fingerprint density at radius 2 is 2.22 bits per heavy atom. The molecule has 1 aromatic rings. The molecule has 3 nitrogen and oxygen atoms in total. The standard InChI is InChI=1S/C13H18BrFN2O/c1-3-6-17(9-13(18)16-2)8-10-4-5-11(15)7-12(10)14/h4-5,7H,3,6,8-9H2,1-2H3,(H,16,18). The molecular weight excluding hydrogens is 299 g/mol. The first-order chi connectivity index (χ1) is 8.56. The fourth-order valence-corrected chi connectivity index (χ4v) is 2.18. The quantitative estimate of drug-likeness (QED) is 0.874. The van der Waals surface area contributed by atoms with Crippen molar-refractivity contribution < 1.29 is 9.18 Å². The Kier molecular flexibility index (Phi) is 6.29. The maximum atomic E-state index is 13.0. The molecule has 0 radical (unpaired) electrons. The lowest BCUT2D eigenvalue weighted by Crippen LogP contribution is -2.35. The second-order valence-electron chi connectivity index (χ2n) is 4.12. The smallest absolute Gasteiger partial charge is 0.233 e. The molecule has 0 aromatic heterocycles. The fraction of sp³-hybridized carbons (Fsp3) is 0.462. The molecule has 1 N–H and O–H groups in total. The molecular formula is C13H18BrFN2O. The Balaban J connectivity index is 2.72. The topological polar surface area (TPSA) is 32.3 Å². The second kappa shape index (κ2) is 7.48. The first kappa shape index (κ1) is 15.1.